The third-order valence-corrected chi connectivity index (χ3v) is 1.80. The number of esters is 1. The summed E-state index contributed by atoms with van der Waals surface area (Å²) in [6.07, 6.45) is 0.712. The first kappa shape index (κ1) is 12.7. The van der Waals surface area contributed by atoms with Gasteiger partial charge in [0, 0.05) is 12.5 Å². The van der Waals surface area contributed by atoms with E-state index >= 15 is 0 Å². The molecule has 86 valence electrons. The summed E-state index contributed by atoms with van der Waals surface area (Å²) < 4.78 is 4.99. The average molecular weight is 228 g/mol. The molecule has 0 spiro atoms. The topological polar surface area (TPSA) is 43.4 Å². The largest absolute Gasteiger partial charge is 0.425 e. The lowest BCUT2D eigenvalue weighted by molar-refractivity contribution is -0.131. The Morgan fingerprint density at radius 3 is 2.65 bits per heavy atom. The van der Waals surface area contributed by atoms with Gasteiger partial charge in [-0.2, -0.15) is 0 Å². The van der Waals surface area contributed by atoms with Crippen molar-refractivity contribution in [2.24, 2.45) is 0 Å². The number of allylic oxidation sites excluding steroid dienone is 1. The Balaban J connectivity index is 3.21. The van der Waals surface area contributed by atoms with Gasteiger partial charge in [0.2, 0.25) is 0 Å². The van der Waals surface area contributed by atoms with Crippen LogP contribution in [0.25, 0.3) is 0 Å². The lowest BCUT2D eigenvalue weighted by atomic mass is 10.1. The molecule has 1 aromatic rings. The van der Waals surface area contributed by atoms with Crippen molar-refractivity contribution >= 4 is 12.3 Å². The molecule has 0 aliphatic rings. The Hall–Kier alpha value is -2.34. The van der Waals surface area contributed by atoms with Gasteiger partial charge in [0.15, 0.2) is 0 Å². The van der Waals surface area contributed by atoms with E-state index in [0.29, 0.717) is 28.7 Å². The second kappa shape index (κ2) is 5.66. The molecule has 0 aliphatic carbocycles. The maximum atomic E-state index is 10.9. The van der Waals surface area contributed by atoms with Gasteiger partial charge < -0.3 is 4.74 Å². The van der Waals surface area contributed by atoms with Crippen LogP contribution in [0, 0.1) is 11.8 Å². The highest BCUT2D eigenvalue weighted by Gasteiger charge is 2.05. The predicted octanol–water partition coefficient (Wildman–Crippen LogP) is 2.35. The molecule has 0 fully saturated rings. The monoisotopic (exact) mass is 228 g/mol. The molecule has 0 saturated carbocycles. The Labute approximate surface area is 100 Å². The number of benzene rings is 1. The van der Waals surface area contributed by atoms with Crippen molar-refractivity contribution in [2.75, 3.05) is 0 Å². The highest BCUT2D eigenvalue weighted by atomic mass is 16.5. The van der Waals surface area contributed by atoms with E-state index in [1.54, 1.807) is 25.1 Å². The molecular formula is C14H12O3. The van der Waals surface area contributed by atoms with E-state index in [0.717, 1.165) is 0 Å². The van der Waals surface area contributed by atoms with Crippen LogP contribution < -0.4 is 4.74 Å². The number of carbonyl (C=O) groups is 2. The molecule has 3 nitrogen and oxygen atoms in total. The number of aldehydes is 1. The molecular weight excluding hydrogens is 216 g/mol. The second-order valence-electron chi connectivity index (χ2n) is 3.50. The average Bonchev–Trinajstić information content (AvgIpc) is 2.27. The fraction of sp³-hybridized carbons (Fsp3) is 0.143. The van der Waals surface area contributed by atoms with E-state index in [9.17, 15) is 9.59 Å². The van der Waals surface area contributed by atoms with Crippen LogP contribution in [0.5, 0.6) is 5.75 Å². The normalized spacial score (nSPS) is 8.82. The first-order valence-corrected chi connectivity index (χ1v) is 4.98. The first-order chi connectivity index (χ1) is 8.02. The van der Waals surface area contributed by atoms with Crippen molar-refractivity contribution in [1.82, 2.24) is 0 Å². The highest BCUT2D eigenvalue weighted by molar-refractivity contribution is 5.77. The Morgan fingerprint density at radius 2 is 2.12 bits per heavy atom. The smallest absolute Gasteiger partial charge is 0.308 e. The summed E-state index contributed by atoms with van der Waals surface area (Å²) in [5, 5.41) is 0. The van der Waals surface area contributed by atoms with Crippen LogP contribution in [0.15, 0.2) is 30.4 Å². The third-order valence-electron chi connectivity index (χ3n) is 1.80. The summed E-state index contributed by atoms with van der Waals surface area (Å²) in [6.45, 7) is 6.73. The van der Waals surface area contributed by atoms with Gasteiger partial charge in [-0.25, -0.2) is 0 Å². The van der Waals surface area contributed by atoms with Crippen LogP contribution in [-0.4, -0.2) is 12.3 Å². The molecule has 1 rings (SSSR count). The predicted molar refractivity (Wildman–Crippen MR) is 64.8 cm³/mol. The summed E-state index contributed by atoms with van der Waals surface area (Å²) in [4.78, 5) is 21.6. The van der Waals surface area contributed by atoms with Gasteiger partial charge in [0.25, 0.3) is 0 Å². The van der Waals surface area contributed by atoms with Crippen LogP contribution >= 0.6 is 0 Å². The molecule has 0 aromatic heterocycles. The highest BCUT2D eigenvalue weighted by Crippen LogP contribution is 2.19. The van der Waals surface area contributed by atoms with E-state index in [-0.39, 0.29) is 0 Å². The van der Waals surface area contributed by atoms with E-state index in [1.165, 1.54) is 6.92 Å². The number of hydrogen-bond donors (Lipinski definition) is 0. The van der Waals surface area contributed by atoms with Crippen molar-refractivity contribution in [3.63, 3.8) is 0 Å². The Kier molecular flexibility index (Phi) is 4.24. The maximum absolute atomic E-state index is 10.9. The summed E-state index contributed by atoms with van der Waals surface area (Å²) in [6, 6.07) is 4.69. The van der Waals surface area contributed by atoms with Crippen molar-refractivity contribution in [2.45, 2.75) is 13.8 Å². The Morgan fingerprint density at radius 1 is 1.41 bits per heavy atom. The van der Waals surface area contributed by atoms with Gasteiger partial charge in [-0.15, -0.1) is 0 Å². The number of ether oxygens (including phenoxy) is 1. The van der Waals surface area contributed by atoms with Crippen LogP contribution in [-0.2, 0) is 4.79 Å². The minimum absolute atomic E-state index is 0.344. The van der Waals surface area contributed by atoms with Crippen molar-refractivity contribution in [1.29, 1.82) is 0 Å². The van der Waals surface area contributed by atoms with Crippen LogP contribution in [0.2, 0.25) is 0 Å². The van der Waals surface area contributed by atoms with Gasteiger partial charge in [-0.3, -0.25) is 9.59 Å². The summed E-state index contributed by atoms with van der Waals surface area (Å²) in [5.41, 5.74) is 1.66. The molecule has 0 saturated heterocycles. The zero-order chi connectivity index (χ0) is 12.8. The molecule has 0 amide bonds. The SMILES string of the molecule is C=C(C)C#Cc1cc(C=O)ccc1OC(C)=O. The lowest BCUT2D eigenvalue weighted by Gasteiger charge is -2.04. The van der Waals surface area contributed by atoms with Gasteiger partial charge in [-0.05, 0) is 30.7 Å². The lowest BCUT2D eigenvalue weighted by Crippen LogP contribution is -2.03. The fourth-order valence-electron chi connectivity index (χ4n) is 1.14. The molecule has 1 aromatic carbocycles. The molecule has 0 aliphatic heterocycles. The third kappa shape index (κ3) is 3.96. The molecule has 0 heterocycles. The van der Waals surface area contributed by atoms with E-state index in [2.05, 4.69) is 18.4 Å². The van der Waals surface area contributed by atoms with E-state index < -0.39 is 5.97 Å². The molecule has 0 unspecified atom stereocenters. The number of hydrogen-bond acceptors (Lipinski definition) is 3. The van der Waals surface area contributed by atoms with Crippen molar-refractivity contribution < 1.29 is 14.3 Å². The van der Waals surface area contributed by atoms with Crippen LogP contribution in [0.3, 0.4) is 0 Å². The summed E-state index contributed by atoms with van der Waals surface area (Å²) in [7, 11) is 0. The standard InChI is InChI=1S/C14H12O3/c1-10(2)4-6-13-8-12(9-15)5-7-14(13)17-11(3)16/h5,7-9H,1H2,2-3H3. The summed E-state index contributed by atoms with van der Waals surface area (Å²) in [5.74, 6) is 5.50. The molecule has 0 radical (unpaired) electrons. The minimum atomic E-state index is -0.428. The van der Waals surface area contributed by atoms with Crippen molar-refractivity contribution in [3.8, 4) is 17.6 Å². The Bertz CT molecular complexity index is 530. The molecule has 0 atom stereocenters. The first-order valence-electron chi connectivity index (χ1n) is 4.98. The maximum Gasteiger partial charge on any atom is 0.308 e. The van der Waals surface area contributed by atoms with E-state index in [4.69, 9.17) is 4.74 Å². The number of rotatable bonds is 2. The zero-order valence-corrected chi connectivity index (χ0v) is 9.74. The van der Waals surface area contributed by atoms with Gasteiger partial charge in [-0.1, -0.05) is 18.4 Å². The fourth-order valence-corrected chi connectivity index (χ4v) is 1.14. The number of carbonyl (C=O) groups excluding carboxylic acids is 2. The van der Waals surface area contributed by atoms with Gasteiger partial charge in [0.1, 0.15) is 12.0 Å². The van der Waals surface area contributed by atoms with Crippen LogP contribution in [0.1, 0.15) is 29.8 Å². The molecule has 3 heteroatoms. The van der Waals surface area contributed by atoms with Crippen molar-refractivity contribution in [3.05, 3.63) is 41.5 Å². The molecule has 0 N–H and O–H groups in total. The quantitative estimate of drug-likeness (QED) is 0.338. The van der Waals surface area contributed by atoms with Gasteiger partial charge in [0.05, 0.1) is 5.56 Å². The molecule has 17 heavy (non-hydrogen) atoms. The second-order valence-corrected chi connectivity index (χ2v) is 3.50. The van der Waals surface area contributed by atoms with E-state index in [1.807, 2.05) is 0 Å². The summed E-state index contributed by atoms with van der Waals surface area (Å²) >= 11 is 0. The van der Waals surface area contributed by atoms with Gasteiger partial charge >= 0.3 is 5.97 Å². The zero-order valence-electron chi connectivity index (χ0n) is 9.74. The van der Waals surface area contributed by atoms with Crippen LogP contribution in [0.4, 0.5) is 0 Å². The molecule has 0 bridgehead atoms. The minimum Gasteiger partial charge on any atom is -0.425 e.